The minimum atomic E-state index is -0.0803. The molecule has 1 fully saturated rings. The van der Waals surface area contributed by atoms with Crippen LogP contribution in [0.1, 0.15) is 25.7 Å². The Morgan fingerprint density at radius 2 is 2.05 bits per heavy atom. The van der Waals surface area contributed by atoms with E-state index in [4.69, 9.17) is 10.8 Å². The van der Waals surface area contributed by atoms with E-state index in [2.05, 4.69) is 10.2 Å². The summed E-state index contributed by atoms with van der Waals surface area (Å²) in [5.41, 5.74) is 7.02. The van der Waals surface area contributed by atoms with Crippen LogP contribution < -0.4 is 11.1 Å². The Balaban J connectivity index is 1.92. The lowest BCUT2D eigenvalue weighted by Crippen LogP contribution is -2.41. The number of carbonyl (C=O) groups excluding carboxylic acids is 1. The Kier molecular flexibility index (Phi) is 5.38. The highest BCUT2D eigenvalue weighted by molar-refractivity contribution is 5.95. The fourth-order valence-electron chi connectivity index (χ4n) is 2.77. The number of nitrogens with one attached hydrogen (secondary N) is 1. The summed E-state index contributed by atoms with van der Waals surface area (Å²) in [6, 6.07) is 7.65. The number of nitrogen functional groups attached to an aromatic ring is 1. The van der Waals surface area contributed by atoms with Crippen molar-refractivity contribution in [3.63, 3.8) is 0 Å². The van der Waals surface area contributed by atoms with Crippen molar-refractivity contribution in [2.24, 2.45) is 0 Å². The van der Waals surface area contributed by atoms with Gasteiger partial charge in [0, 0.05) is 12.6 Å². The molecule has 110 valence electrons. The predicted molar refractivity (Wildman–Crippen MR) is 80.4 cm³/mol. The third-order valence-electron chi connectivity index (χ3n) is 3.81. The third kappa shape index (κ3) is 3.95. The summed E-state index contributed by atoms with van der Waals surface area (Å²) in [7, 11) is 0. The monoisotopic (exact) mass is 277 g/mol. The summed E-state index contributed by atoms with van der Waals surface area (Å²) < 4.78 is 0. The van der Waals surface area contributed by atoms with E-state index in [-0.39, 0.29) is 12.5 Å². The van der Waals surface area contributed by atoms with Crippen LogP contribution in [0.4, 0.5) is 11.4 Å². The highest BCUT2D eigenvalue weighted by Gasteiger charge is 2.23. The van der Waals surface area contributed by atoms with E-state index in [1.807, 2.05) is 12.1 Å². The summed E-state index contributed by atoms with van der Waals surface area (Å²) in [6.45, 7) is 0.930. The molecule has 1 amide bonds. The van der Waals surface area contributed by atoms with Crippen molar-refractivity contribution in [2.75, 3.05) is 30.7 Å². The number of aliphatic hydroxyl groups is 1. The average molecular weight is 277 g/mol. The zero-order valence-corrected chi connectivity index (χ0v) is 11.7. The Bertz CT molecular complexity index is 444. The minimum Gasteiger partial charge on any atom is -0.397 e. The van der Waals surface area contributed by atoms with Gasteiger partial charge in [-0.3, -0.25) is 9.69 Å². The smallest absolute Gasteiger partial charge is 0.238 e. The van der Waals surface area contributed by atoms with Crippen LogP contribution in [0, 0.1) is 0 Å². The molecule has 0 aromatic heterocycles. The molecule has 0 atom stereocenters. The lowest BCUT2D eigenvalue weighted by molar-refractivity contribution is -0.118. The van der Waals surface area contributed by atoms with Crippen LogP contribution in [-0.2, 0) is 4.79 Å². The van der Waals surface area contributed by atoms with Gasteiger partial charge in [0.05, 0.1) is 24.5 Å². The van der Waals surface area contributed by atoms with Crippen LogP contribution in [0.2, 0.25) is 0 Å². The molecule has 0 aliphatic heterocycles. The first kappa shape index (κ1) is 14.8. The summed E-state index contributed by atoms with van der Waals surface area (Å²) in [5, 5.41) is 12.0. The summed E-state index contributed by atoms with van der Waals surface area (Å²) >= 11 is 0. The van der Waals surface area contributed by atoms with E-state index in [1.54, 1.807) is 12.1 Å². The normalized spacial score (nSPS) is 15.7. The quantitative estimate of drug-likeness (QED) is 0.688. The standard InChI is InChI=1S/C15H23N3O2/c16-13-7-3-4-8-14(13)17-15(20)11-18(9-10-19)12-5-1-2-6-12/h3-4,7-8,12,19H,1-2,5-6,9-11,16H2,(H,17,20). The van der Waals surface area contributed by atoms with Crippen LogP contribution >= 0.6 is 0 Å². The number of carbonyl (C=O) groups is 1. The second-order valence-electron chi connectivity index (χ2n) is 5.27. The van der Waals surface area contributed by atoms with Gasteiger partial charge in [0.1, 0.15) is 0 Å². The molecule has 5 nitrogen and oxygen atoms in total. The first-order chi connectivity index (χ1) is 9.70. The van der Waals surface area contributed by atoms with Crippen molar-refractivity contribution in [3.8, 4) is 0 Å². The van der Waals surface area contributed by atoms with Crippen molar-refractivity contribution < 1.29 is 9.90 Å². The Morgan fingerprint density at radius 3 is 2.70 bits per heavy atom. The number of hydrogen-bond acceptors (Lipinski definition) is 4. The Morgan fingerprint density at radius 1 is 1.35 bits per heavy atom. The molecule has 1 aliphatic rings. The van der Waals surface area contributed by atoms with Crippen molar-refractivity contribution in [3.05, 3.63) is 24.3 Å². The molecule has 0 bridgehead atoms. The van der Waals surface area contributed by atoms with Crippen LogP contribution in [0.5, 0.6) is 0 Å². The van der Waals surface area contributed by atoms with Crippen LogP contribution in [0.25, 0.3) is 0 Å². The molecule has 1 aromatic carbocycles. The summed E-state index contributed by atoms with van der Waals surface area (Å²) in [5.74, 6) is -0.0803. The molecule has 0 heterocycles. The van der Waals surface area contributed by atoms with E-state index in [1.165, 1.54) is 12.8 Å². The number of para-hydroxylation sites is 2. The fraction of sp³-hybridized carbons (Fsp3) is 0.533. The number of hydrogen-bond donors (Lipinski definition) is 3. The lowest BCUT2D eigenvalue weighted by atomic mass is 10.2. The Hall–Kier alpha value is -1.59. The highest BCUT2D eigenvalue weighted by Crippen LogP contribution is 2.23. The molecule has 0 spiro atoms. The van der Waals surface area contributed by atoms with Gasteiger partial charge in [-0.05, 0) is 25.0 Å². The van der Waals surface area contributed by atoms with Gasteiger partial charge in [0.25, 0.3) is 0 Å². The second-order valence-corrected chi connectivity index (χ2v) is 5.27. The second kappa shape index (κ2) is 7.26. The van der Waals surface area contributed by atoms with Gasteiger partial charge < -0.3 is 16.2 Å². The molecule has 1 aliphatic carbocycles. The maximum absolute atomic E-state index is 12.1. The molecule has 0 unspecified atom stereocenters. The molecule has 4 N–H and O–H groups in total. The number of anilines is 2. The number of aliphatic hydroxyl groups excluding tert-OH is 1. The van der Waals surface area contributed by atoms with E-state index >= 15 is 0 Å². The predicted octanol–water partition coefficient (Wildman–Crippen LogP) is 1.44. The average Bonchev–Trinajstić information content (AvgIpc) is 2.95. The molecular formula is C15H23N3O2. The first-order valence-corrected chi connectivity index (χ1v) is 7.20. The maximum Gasteiger partial charge on any atom is 0.238 e. The third-order valence-corrected chi connectivity index (χ3v) is 3.81. The molecular weight excluding hydrogens is 254 g/mol. The van der Waals surface area contributed by atoms with Gasteiger partial charge in [-0.1, -0.05) is 25.0 Å². The zero-order valence-electron chi connectivity index (χ0n) is 11.7. The van der Waals surface area contributed by atoms with Gasteiger partial charge >= 0.3 is 0 Å². The highest BCUT2D eigenvalue weighted by atomic mass is 16.3. The van der Waals surface area contributed by atoms with Crippen molar-refractivity contribution >= 4 is 17.3 Å². The number of benzene rings is 1. The minimum absolute atomic E-state index is 0.0803. The SMILES string of the molecule is Nc1ccccc1NC(=O)CN(CCO)C1CCCC1. The van der Waals surface area contributed by atoms with Crippen molar-refractivity contribution in [1.82, 2.24) is 4.90 Å². The largest absolute Gasteiger partial charge is 0.397 e. The topological polar surface area (TPSA) is 78.6 Å². The molecule has 5 heteroatoms. The molecule has 0 radical (unpaired) electrons. The fourth-order valence-corrected chi connectivity index (χ4v) is 2.77. The van der Waals surface area contributed by atoms with E-state index < -0.39 is 0 Å². The van der Waals surface area contributed by atoms with Crippen molar-refractivity contribution in [1.29, 1.82) is 0 Å². The molecule has 20 heavy (non-hydrogen) atoms. The number of amides is 1. The van der Waals surface area contributed by atoms with E-state index in [0.29, 0.717) is 30.5 Å². The first-order valence-electron chi connectivity index (χ1n) is 7.20. The van der Waals surface area contributed by atoms with Crippen LogP contribution in [0.3, 0.4) is 0 Å². The van der Waals surface area contributed by atoms with Gasteiger partial charge in [-0.25, -0.2) is 0 Å². The molecule has 1 aromatic rings. The van der Waals surface area contributed by atoms with E-state index in [9.17, 15) is 4.79 Å². The van der Waals surface area contributed by atoms with E-state index in [0.717, 1.165) is 12.8 Å². The van der Waals surface area contributed by atoms with Gasteiger partial charge in [-0.15, -0.1) is 0 Å². The van der Waals surface area contributed by atoms with Crippen LogP contribution in [0.15, 0.2) is 24.3 Å². The maximum atomic E-state index is 12.1. The summed E-state index contributed by atoms with van der Waals surface area (Å²) in [4.78, 5) is 14.2. The van der Waals surface area contributed by atoms with Crippen LogP contribution in [-0.4, -0.2) is 41.7 Å². The van der Waals surface area contributed by atoms with Gasteiger partial charge in [0.2, 0.25) is 5.91 Å². The molecule has 2 rings (SSSR count). The summed E-state index contributed by atoms with van der Waals surface area (Å²) in [6.07, 6.45) is 4.64. The van der Waals surface area contributed by atoms with Gasteiger partial charge in [0.15, 0.2) is 0 Å². The molecule has 0 saturated heterocycles. The van der Waals surface area contributed by atoms with Gasteiger partial charge in [-0.2, -0.15) is 0 Å². The Labute approximate surface area is 119 Å². The molecule has 1 saturated carbocycles. The number of nitrogens with zero attached hydrogens (tertiary/aromatic N) is 1. The lowest BCUT2D eigenvalue weighted by Gasteiger charge is -2.27. The number of nitrogens with two attached hydrogens (primary N) is 1. The van der Waals surface area contributed by atoms with Crippen molar-refractivity contribution in [2.45, 2.75) is 31.7 Å². The number of rotatable bonds is 6. The zero-order chi connectivity index (χ0) is 14.4.